The van der Waals surface area contributed by atoms with Crippen LogP contribution < -0.4 is 5.32 Å². The number of halogens is 2. The van der Waals surface area contributed by atoms with Crippen LogP contribution in [0.2, 0.25) is 0 Å². The van der Waals surface area contributed by atoms with Crippen LogP contribution in [-0.2, 0) is 0 Å². The second-order valence-electron chi connectivity index (χ2n) is 3.38. The number of benzene rings is 2. The first-order valence-corrected chi connectivity index (χ1v) is 4.93. The van der Waals surface area contributed by atoms with Gasteiger partial charge in [0.2, 0.25) is 0 Å². The van der Waals surface area contributed by atoms with Gasteiger partial charge in [-0.1, -0.05) is 18.2 Å². The van der Waals surface area contributed by atoms with Crippen molar-refractivity contribution >= 4 is 11.6 Å². The molecule has 0 aromatic heterocycles. The van der Waals surface area contributed by atoms with E-state index in [0.717, 1.165) is 12.1 Å². The van der Waals surface area contributed by atoms with Crippen LogP contribution in [0.3, 0.4) is 0 Å². The molecule has 2 aromatic rings. The Morgan fingerprint density at radius 1 is 1.00 bits per heavy atom. The predicted octanol–water partition coefficient (Wildman–Crippen LogP) is 3.04. The van der Waals surface area contributed by atoms with Crippen molar-refractivity contribution in [1.82, 2.24) is 5.32 Å². The maximum Gasteiger partial charge on any atom is 0.280 e. The maximum atomic E-state index is 13.3. The van der Waals surface area contributed by atoms with Crippen molar-refractivity contribution in [2.45, 2.75) is 0 Å². The van der Waals surface area contributed by atoms with Gasteiger partial charge in [0.25, 0.3) is 5.91 Å². The first-order chi connectivity index (χ1) is 8.16. The average Bonchev–Trinajstić information content (AvgIpc) is 2.30. The molecule has 0 heterocycles. The second-order valence-corrected chi connectivity index (χ2v) is 3.38. The quantitative estimate of drug-likeness (QED) is 0.782. The van der Waals surface area contributed by atoms with Gasteiger partial charge in [-0.15, -0.1) is 0 Å². The van der Waals surface area contributed by atoms with Gasteiger partial charge in [0.15, 0.2) is 0 Å². The minimum atomic E-state index is -0.908. The van der Waals surface area contributed by atoms with E-state index in [0.29, 0.717) is 11.8 Å². The van der Waals surface area contributed by atoms with Crippen LogP contribution in [0.15, 0.2) is 48.5 Å². The molecule has 85 valence electrons. The van der Waals surface area contributed by atoms with Gasteiger partial charge in [-0.25, -0.2) is 14.1 Å². The fourth-order valence-electron chi connectivity index (χ4n) is 1.34. The third-order valence-corrected chi connectivity index (χ3v) is 2.15. The van der Waals surface area contributed by atoms with E-state index in [1.807, 2.05) is 0 Å². The van der Waals surface area contributed by atoms with E-state index in [-0.39, 0.29) is 5.56 Å². The van der Waals surface area contributed by atoms with Crippen molar-refractivity contribution in [1.29, 1.82) is 0 Å². The molecule has 0 aliphatic rings. The Hall–Kier alpha value is -2.23. The molecule has 2 aromatic carbocycles. The fraction of sp³-hybridized carbons (Fsp3) is 0. The van der Waals surface area contributed by atoms with Crippen LogP contribution in [0.1, 0.15) is 10.4 Å². The van der Waals surface area contributed by atoms with Gasteiger partial charge in [-0.2, -0.15) is 0 Å². The summed E-state index contributed by atoms with van der Waals surface area (Å²) in [5.41, 5.74) is 0.191. The first-order valence-electron chi connectivity index (χ1n) is 4.93. The topological polar surface area (TPSA) is 31.2 Å². The van der Waals surface area contributed by atoms with E-state index in [1.165, 1.54) is 0 Å². The highest BCUT2D eigenvalue weighted by molar-refractivity contribution is 5.96. The van der Waals surface area contributed by atoms with Gasteiger partial charge in [-0.3, -0.25) is 4.79 Å². The van der Waals surface area contributed by atoms with E-state index in [4.69, 9.17) is 0 Å². The van der Waals surface area contributed by atoms with E-state index in [2.05, 4.69) is 5.32 Å². The van der Waals surface area contributed by atoms with Gasteiger partial charge in [-0.05, 0) is 24.3 Å². The zero-order valence-corrected chi connectivity index (χ0v) is 8.73. The Kier molecular flexibility index (Phi) is 3.14. The molecule has 1 radical (unpaired) electrons. The molecule has 17 heavy (non-hydrogen) atoms. The highest BCUT2D eigenvalue weighted by Gasteiger charge is 2.13. The van der Waals surface area contributed by atoms with Gasteiger partial charge >= 0.3 is 0 Å². The normalized spacial score (nSPS) is 10.0. The minimum Gasteiger partial charge on any atom is -0.267 e. The summed E-state index contributed by atoms with van der Waals surface area (Å²) in [6.45, 7) is 0. The summed E-state index contributed by atoms with van der Waals surface area (Å²) in [4.78, 5) is 11.6. The summed E-state index contributed by atoms with van der Waals surface area (Å²) in [6.07, 6.45) is 0. The number of hydrogen-bond acceptors (Lipinski definition) is 1. The third kappa shape index (κ3) is 2.66. The lowest BCUT2D eigenvalue weighted by Gasteiger charge is -2.02. The molecule has 0 N–H and O–H groups in total. The van der Waals surface area contributed by atoms with Crippen molar-refractivity contribution < 1.29 is 13.6 Å². The maximum absolute atomic E-state index is 13.3. The number of carbonyl (C=O) groups is 1. The number of para-hydroxylation sites is 1. The number of nitrogens with zero attached hydrogens (tertiary/aromatic N) is 1. The lowest BCUT2D eigenvalue weighted by Crippen LogP contribution is -2.12. The largest absolute Gasteiger partial charge is 0.280 e. The SMILES string of the molecule is O=C([N]c1ccccc1)c1ccc(F)cc1F. The van der Waals surface area contributed by atoms with Gasteiger partial charge < -0.3 is 0 Å². The molecule has 2 nitrogen and oxygen atoms in total. The van der Waals surface area contributed by atoms with Gasteiger partial charge in [0, 0.05) is 6.07 Å². The summed E-state index contributed by atoms with van der Waals surface area (Å²) in [6, 6.07) is 11.2. The Morgan fingerprint density at radius 2 is 1.71 bits per heavy atom. The number of hydrogen-bond donors (Lipinski definition) is 0. The zero-order chi connectivity index (χ0) is 12.3. The number of rotatable bonds is 2. The number of carbonyl (C=O) groups excluding carboxylic acids is 1. The predicted molar refractivity (Wildman–Crippen MR) is 58.9 cm³/mol. The van der Waals surface area contributed by atoms with Crippen molar-refractivity contribution in [3.63, 3.8) is 0 Å². The lowest BCUT2D eigenvalue weighted by molar-refractivity contribution is 0.0965. The van der Waals surface area contributed by atoms with Crippen LogP contribution in [-0.4, -0.2) is 5.91 Å². The monoisotopic (exact) mass is 232 g/mol. The second kappa shape index (κ2) is 4.74. The molecule has 0 saturated heterocycles. The van der Waals surface area contributed by atoms with Crippen molar-refractivity contribution in [3.05, 3.63) is 65.7 Å². The average molecular weight is 232 g/mol. The van der Waals surface area contributed by atoms with E-state index in [9.17, 15) is 13.6 Å². The van der Waals surface area contributed by atoms with E-state index >= 15 is 0 Å². The molecule has 0 atom stereocenters. The Balaban J connectivity index is 2.21. The highest BCUT2D eigenvalue weighted by Crippen LogP contribution is 2.13. The number of amides is 1. The lowest BCUT2D eigenvalue weighted by atomic mass is 10.2. The van der Waals surface area contributed by atoms with E-state index < -0.39 is 17.5 Å². The van der Waals surface area contributed by atoms with Crippen LogP contribution in [0.25, 0.3) is 0 Å². The molecule has 0 aliphatic heterocycles. The molecular formula is C13H8F2NO. The zero-order valence-electron chi connectivity index (χ0n) is 8.73. The highest BCUT2D eigenvalue weighted by atomic mass is 19.1. The first kappa shape index (κ1) is 11.3. The molecule has 2 rings (SSSR count). The minimum absolute atomic E-state index is 0.241. The van der Waals surface area contributed by atoms with Crippen LogP contribution in [0, 0.1) is 11.6 Å². The smallest absolute Gasteiger partial charge is 0.267 e. The fourth-order valence-corrected chi connectivity index (χ4v) is 1.34. The van der Waals surface area contributed by atoms with Gasteiger partial charge in [0.1, 0.15) is 11.6 Å². The molecule has 0 saturated carbocycles. The molecule has 0 fully saturated rings. The van der Waals surface area contributed by atoms with Crippen LogP contribution >= 0.6 is 0 Å². The molecule has 0 aliphatic carbocycles. The van der Waals surface area contributed by atoms with Crippen molar-refractivity contribution in [2.24, 2.45) is 0 Å². The molecule has 4 heteroatoms. The van der Waals surface area contributed by atoms with Crippen molar-refractivity contribution in [3.8, 4) is 0 Å². The van der Waals surface area contributed by atoms with Crippen LogP contribution in [0.5, 0.6) is 0 Å². The standard InChI is InChI=1S/C13H8F2NO/c14-9-6-7-11(12(15)8-9)13(17)16-10-4-2-1-3-5-10/h1-8H. The van der Waals surface area contributed by atoms with E-state index in [1.54, 1.807) is 30.3 Å². The van der Waals surface area contributed by atoms with Gasteiger partial charge in [0.05, 0.1) is 11.3 Å². The summed E-state index contributed by atoms with van der Waals surface area (Å²) in [5, 5.41) is 3.72. The molecule has 0 unspecified atom stereocenters. The molecule has 0 bridgehead atoms. The summed E-state index contributed by atoms with van der Waals surface area (Å²) >= 11 is 0. The summed E-state index contributed by atoms with van der Waals surface area (Å²) in [7, 11) is 0. The molecular weight excluding hydrogens is 224 g/mol. The Labute approximate surface area is 96.9 Å². The molecule has 0 spiro atoms. The summed E-state index contributed by atoms with van der Waals surface area (Å²) < 4.78 is 25.9. The summed E-state index contributed by atoms with van der Waals surface area (Å²) in [5.74, 6) is -2.36. The van der Waals surface area contributed by atoms with Crippen molar-refractivity contribution in [2.75, 3.05) is 0 Å². The van der Waals surface area contributed by atoms with Crippen LogP contribution in [0.4, 0.5) is 14.5 Å². The molecule has 1 amide bonds. The Morgan fingerprint density at radius 3 is 2.35 bits per heavy atom. The third-order valence-electron chi connectivity index (χ3n) is 2.15. The Bertz CT molecular complexity index is 540.